The van der Waals surface area contributed by atoms with Crippen LogP contribution in [0.2, 0.25) is 0 Å². The highest BCUT2D eigenvalue weighted by Gasteiger charge is 2.31. The van der Waals surface area contributed by atoms with Gasteiger partial charge >= 0.3 is 0 Å². The molecule has 0 spiro atoms. The van der Waals surface area contributed by atoms with Crippen LogP contribution in [0.5, 0.6) is 0 Å². The van der Waals surface area contributed by atoms with Crippen molar-refractivity contribution < 1.29 is 4.79 Å². The molecule has 0 radical (unpaired) electrons. The van der Waals surface area contributed by atoms with Gasteiger partial charge in [-0.25, -0.2) is 9.97 Å². The van der Waals surface area contributed by atoms with Gasteiger partial charge in [0.2, 0.25) is 0 Å². The number of nitrogens with zero attached hydrogens (tertiary/aromatic N) is 5. The molecule has 6 nitrogen and oxygen atoms in total. The summed E-state index contributed by atoms with van der Waals surface area (Å²) in [6.45, 7) is 3.29. The Kier molecular flexibility index (Phi) is 3.15. The Hall–Kier alpha value is -2.28. The van der Waals surface area contributed by atoms with Gasteiger partial charge in [0.1, 0.15) is 16.9 Å². The molecule has 3 aromatic heterocycles. The molecule has 22 heavy (non-hydrogen) atoms. The summed E-state index contributed by atoms with van der Waals surface area (Å²) in [6, 6.07) is 0. The Labute approximate surface area is 131 Å². The molecule has 0 unspecified atom stereocenters. The van der Waals surface area contributed by atoms with Crippen molar-refractivity contribution >= 4 is 22.1 Å². The molecule has 1 aliphatic heterocycles. The first kappa shape index (κ1) is 13.4. The SMILES string of the molecule is Cc1cnc(C(=O)N2CC[C@@H](c3ncn4ccsc34)C2)cn1. The van der Waals surface area contributed by atoms with Gasteiger partial charge in [-0.2, -0.15) is 0 Å². The number of hydrogen-bond donors (Lipinski definition) is 0. The van der Waals surface area contributed by atoms with Gasteiger partial charge in [0.05, 0.1) is 17.6 Å². The molecular formula is C15H15N5OS. The summed E-state index contributed by atoms with van der Waals surface area (Å²) in [5.74, 6) is 0.252. The molecule has 4 heterocycles. The number of carbonyl (C=O) groups is 1. The van der Waals surface area contributed by atoms with Crippen LogP contribution < -0.4 is 0 Å². The molecule has 7 heteroatoms. The van der Waals surface area contributed by atoms with Gasteiger partial charge in [0.15, 0.2) is 0 Å². The van der Waals surface area contributed by atoms with Gasteiger partial charge in [-0.3, -0.25) is 14.2 Å². The summed E-state index contributed by atoms with van der Waals surface area (Å²) in [5, 5.41) is 2.06. The second kappa shape index (κ2) is 5.17. The Morgan fingerprint density at radius 1 is 1.32 bits per heavy atom. The number of thiazole rings is 1. The quantitative estimate of drug-likeness (QED) is 0.727. The summed E-state index contributed by atoms with van der Waals surface area (Å²) in [5.41, 5.74) is 2.33. The van der Waals surface area contributed by atoms with Gasteiger partial charge in [-0.15, -0.1) is 11.3 Å². The van der Waals surface area contributed by atoms with E-state index in [1.165, 1.54) is 4.83 Å². The Balaban J connectivity index is 1.54. The van der Waals surface area contributed by atoms with E-state index in [-0.39, 0.29) is 5.91 Å². The summed E-state index contributed by atoms with van der Waals surface area (Å²) in [6.07, 6.45) is 7.98. The van der Waals surface area contributed by atoms with E-state index < -0.39 is 0 Å². The van der Waals surface area contributed by atoms with Crippen LogP contribution in [0.4, 0.5) is 0 Å². The smallest absolute Gasteiger partial charge is 0.274 e. The molecule has 1 amide bonds. The predicted molar refractivity (Wildman–Crippen MR) is 83.1 cm³/mol. The van der Waals surface area contributed by atoms with E-state index in [0.717, 1.165) is 24.4 Å². The van der Waals surface area contributed by atoms with Gasteiger partial charge in [-0.1, -0.05) is 0 Å². The van der Waals surface area contributed by atoms with Crippen LogP contribution in [0.3, 0.4) is 0 Å². The molecule has 1 fully saturated rings. The Bertz CT molecular complexity index is 822. The number of aryl methyl sites for hydroxylation is 1. The third kappa shape index (κ3) is 2.18. The van der Waals surface area contributed by atoms with Gasteiger partial charge in [0, 0.05) is 36.8 Å². The first-order valence-electron chi connectivity index (χ1n) is 7.20. The number of hydrogen-bond acceptors (Lipinski definition) is 5. The second-order valence-electron chi connectivity index (χ2n) is 5.53. The molecule has 1 saturated heterocycles. The van der Waals surface area contributed by atoms with Gasteiger partial charge in [0.25, 0.3) is 5.91 Å². The van der Waals surface area contributed by atoms with Crippen LogP contribution in [0, 0.1) is 6.92 Å². The summed E-state index contributed by atoms with van der Waals surface area (Å²) >= 11 is 1.69. The number of imidazole rings is 1. The van der Waals surface area contributed by atoms with Crippen molar-refractivity contribution in [3.05, 3.63) is 47.4 Å². The molecule has 0 N–H and O–H groups in total. The average Bonchev–Trinajstić information content (AvgIpc) is 3.23. The highest BCUT2D eigenvalue weighted by molar-refractivity contribution is 7.15. The lowest BCUT2D eigenvalue weighted by atomic mass is 10.1. The fourth-order valence-corrected chi connectivity index (χ4v) is 3.76. The maximum Gasteiger partial charge on any atom is 0.274 e. The minimum Gasteiger partial charge on any atom is -0.337 e. The maximum atomic E-state index is 12.5. The van der Waals surface area contributed by atoms with Crippen molar-refractivity contribution in [3.8, 4) is 0 Å². The minimum atomic E-state index is -0.0448. The third-order valence-electron chi connectivity index (χ3n) is 4.04. The lowest BCUT2D eigenvalue weighted by molar-refractivity contribution is 0.0784. The van der Waals surface area contributed by atoms with E-state index in [9.17, 15) is 4.79 Å². The van der Waals surface area contributed by atoms with E-state index in [1.54, 1.807) is 23.7 Å². The first-order valence-corrected chi connectivity index (χ1v) is 8.08. The Morgan fingerprint density at radius 2 is 2.23 bits per heavy atom. The van der Waals surface area contributed by atoms with Crippen LogP contribution in [0.1, 0.15) is 34.2 Å². The number of amides is 1. The van der Waals surface area contributed by atoms with E-state index in [0.29, 0.717) is 18.2 Å². The molecule has 0 saturated carbocycles. The monoisotopic (exact) mass is 313 g/mol. The van der Waals surface area contributed by atoms with E-state index in [4.69, 9.17) is 0 Å². The van der Waals surface area contributed by atoms with Crippen molar-refractivity contribution in [3.63, 3.8) is 0 Å². The molecule has 0 bridgehead atoms. The standard InChI is InChI=1S/C15H15N5OS/c1-10-6-17-12(7-16-10)14(21)19-3-2-11(8-19)13-15-20(9-18-13)4-5-22-15/h4-7,9,11H,2-3,8H2,1H3/t11-/m1/s1. The highest BCUT2D eigenvalue weighted by atomic mass is 32.1. The number of fused-ring (bicyclic) bond motifs is 1. The fourth-order valence-electron chi connectivity index (χ4n) is 2.87. The molecule has 0 aliphatic carbocycles. The molecule has 112 valence electrons. The van der Waals surface area contributed by atoms with Crippen molar-refractivity contribution in [1.29, 1.82) is 0 Å². The predicted octanol–water partition coefficient (Wildman–Crippen LogP) is 2.12. The van der Waals surface area contributed by atoms with Gasteiger partial charge < -0.3 is 4.90 Å². The van der Waals surface area contributed by atoms with Crippen molar-refractivity contribution in [1.82, 2.24) is 24.3 Å². The largest absolute Gasteiger partial charge is 0.337 e. The lowest BCUT2D eigenvalue weighted by Crippen LogP contribution is -2.29. The zero-order valence-electron chi connectivity index (χ0n) is 12.1. The highest BCUT2D eigenvalue weighted by Crippen LogP contribution is 2.31. The summed E-state index contributed by atoms with van der Waals surface area (Å²) in [7, 11) is 0. The molecule has 3 aromatic rings. The van der Waals surface area contributed by atoms with Crippen molar-refractivity contribution in [2.75, 3.05) is 13.1 Å². The number of aromatic nitrogens is 4. The molecule has 1 aliphatic rings. The van der Waals surface area contributed by atoms with E-state index in [1.807, 2.05) is 28.7 Å². The molecule has 4 rings (SSSR count). The van der Waals surface area contributed by atoms with Crippen LogP contribution in [-0.2, 0) is 0 Å². The minimum absolute atomic E-state index is 0.0448. The topological polar surface area (TPSA) is 63.4 Å². The van der Waals surface area contributed by atoms with Crippen LogP contribution >= 0.6 is 11.3 Å². The van der Waals surface area contributed by atoms with Crippen molar-refractivity contribution in [2.45, 2.75) is 19.3 Å². The second-order valence-corrected chi connectivity index (χ2v) is 6.42. The van der Waals surface area contributed by atoms with Crippen LogP contribution in [0.15, 0.2) is 30.3 Å². The van der Waals surface area contributed by atoms with Crippen LogP contribution in [-0.4, -0.2) is 43.2 Å². The van der Waals surface area contributed by atoms with Crippen molar-refractivity contribution in [2.24, 2.45) is 0 Å². The zero-order chi connectivity index (χ0) is 15.1. The number of carbonyl (C=O) groups excluding carboxylic acids is 1. The van der Waals surface area contributed by atoms with E-state index in [2.05, 4.69) is 20.3 Å². The average molecular weight is 313 g/mol. The summed E-state index contributed by atoms with van der Waals surface area (Å²) in [4.78, 5) is 28.4. The maximum absolute atomic E-state index is 12.5. The van der Waals surface area contributed by atoms with E-state index >= 15 is 0 Å². The van der Waals surface area contributed by atoms with Crippen LogP contribution in [0.25, 0.3) is 4.83 Å². The zero-order valence-corrected chi connectivity index (χ0v) is 13.0. The first-order chi connectivity index (χ1) is 10.7. The fraction of sp³-hybridized carbons (Fsp3) is 0.333. The number of rotatable bonds is 2. The lowest BCUT2D eigenvalue weighted by Gasteiger charge is -2.15. The molecular weight excluding hydrogens is 298 g/mol. The molecule has 1 atom stereocenters. The van der Waals surface area contributed by atoms with Gasteiger partial charge in [-0.05, 0) is 13.3 Å². The summed E-state index contributed by atoms with van der Waals surface area (Å²) < 4.78 is 2.04. The molecule has 0 aromatic carbocycles. The third-order valence-corrected chi connectivity index (χ3v) is 4.94. The normalized spacial score (nSPS) is 18.2. The number of likely N-dealkylation sites (tertiary alicyclic amines) is 1. The Morgan fingerprint density at radius 3 is 3.05 bits per heavy atom.